The number of aryl methyl sites for hydroxylation is 1. The first-order valence-electron chi connectivity index (χ1n) is 7.24. The predicted molar refractivity (Wildman–Crippen MR) is 91.9 cm³/mol. The topological polar surface area (TPSA) is 26.3 Å². The molecule has 0 saturated heterocycles. The molecule has 0 N–H and O–H groups in total. The van der Waals surface area contributed by atoms with Crippen molar-refractivity contribution < 1.29 is 9.53 Å². The largest absolute Gasteiger partial charge is 0.493 e. The molecule has 0 radical (unpaired) electrons. The van der Waals surface area contributed by atoms with Gasteiger partial charge in [0.1, 0.15) is 5.75 Å². The van der Waals surface area contributed by atoms with Crippen LogP contribution in [-0.4, -0.2) is 12.4 Å². The molecule has 22 heavy (non-hydrogen) atoms. The second-order valence-electron chi connectivity index (χ2n) is 5.07. The van der Waals surface area contributed by atoms with Gasteiger partial charge in [-0.05, 0) is 61.7 Å². The number of carbonyl (C=O) groups is 1. The molecule has 0 aromatic heterocycles. The van der Waals surface area contributed by atoms with Crippen LogP contribution in [0, 0.1) is 13.8 Å². The van der Waals surface area contributed by atoms with E-state index < -0.39 is 0 Å². The summed E-state index contributed by atoms with van der Waals surface area (Å²) >= 11 is 5.94. The number of rotatable bonds is 5. The van der Waals surface area contributed by atoms with Gasteiger partial charge < -0.3 is 4.74 Å². The Bertz CT molecular complexity index is 717. The van der Waals surface area contributed by atoms with Gasteiger partial charge in [0, 0.05) is 5.02 Å². The molecular formula is C19H19ClO2. The molecular weight excluding hydrogens is 296 g/mol. The minimum Gasteiger partial charge on any atom is -0.493 e. The molecule has 0 saturated carbocycles. The lowest BCUT2D eigenvalue weighted by molar-refractivity contribution is 0.104. The van der Waals surface area contributed by atoms with Crippen molar-refractivity contribution in [2.24, 2.45) is 0 Å². The van der Waals surface area contributed by atoms with E-state index in [0.717, 1.165) is 16.7 Å². The molecule has 0 aliphatic heterocycles. The first-order valence-corrected chi connectivity index (χ1v) is 7.61. The van der Waals surface area contributed by atoms with Gasteiger partial charge >= 0.3 is 0 Å². The van der Waals surface area contributed by atoms with Crippen LogP contribution in [0.5, 0.6) is 5.75 Å². The number of hydrogen-bond donors (Lipinski definition) is 0. The molecule has 2 aromatic carbocycles. The fourth-order valence-electron chi connectivity index (χ4n) is 2.19. The average Bonchev–Trinajstić information content (AvgIpc) is 2.50. The minimum absolute atomic E-state index is 0.0773. The quantitative estimate of drug-likeness (QED) is 0.556. The molecule has 0 aliphatic rings. The van der Waals surface area contributed by atoms with E-state index in [1.807, 2.05) is 51.1 Å². The highest BCUT2D eigenvalue weighted by atomic mass is 35.5. The maximum absolute atomic E-state index is 12.5. The maximum atomic E-state index is 12.5. The van der Waals surface area contributed by atoms with Gasteiger partial charge in [0.15, 0.2) is 5.78 Å². The van der Waals surface area contributed by atoms with Gasteiger partial charge in [-0.1, -0.05) is 35.9 Å². The van der Waals surface area contributed by atoms with E-state index in [1.165, 1.54) is 0 Å². The van der Waals surface area contributed by atoms with Crippen molar-refractivity contribution in [2.45, 2.75) is 20.8 Å². The van der Waals surface area contributed by atoms with E-state index in [0.29, 0.717) is 22.9 Å². The molecule has 0 aliphatic carbocycles. The van der Waals surface area contributed by atoms with E-state index in [1.54, 1.807) is 18.2 Å². The van der Waals surface area contributed by atoms with E-state index in [9.17, 15) is 4.79 Å². The molecule has 2 rings (SSSR count). The van der Waals surface area contributed by atoms with E-state index in [2.05, 4.69) is 0 Å². The maximum Gasteiger partial charge on any atom is 0.189 e. The third-order valence-electron chi connectivity index (χ3n) is 3.51. The van der Waals surface area contributed by atoms with E-state index in [-0.39, 0.29) is 5.78 Å². The summed E-state index contributed by atoms with van der Waals surface area (Å²) in [6, 6.07) is 11.1. The highest BCUT2D eigenvalue weighted by Crippen LogP contribution is 2.27. The van der Waals surface area contributed by atoms with Crippen LogP contribution in [0.3, 0.4) is 0 Å². The van der Waals surface area contributed by atoms with Crippen LogP contribution in [0.25, 0.3) is 6.08 Å². The van der Waals surface area contributed by atoms with Gasteiger partial charge in [0.25, 0.3) is 0 Å². The summed E-state index contributed by atoms with van der Waals surface area (Å²) in [6.45, 7) is 6.42. The van der Waals surface area contributed by atoms with Crippen molar-refractivity contribution in [3.63, 3.8) is 0 Å². The number of ketones is 1. The summed E-state index contributed by atoms with van der Waals surface area (Å²) in [5, 5.41) is 0.649. The van der Waals surface area contributed by atoms with Crippen LogP contribution < -0.4 is 4.74 Å². The van der Waals surface area contributed by atoms with Gasteiger partial charge in [-0.25, -0.2) is 0 Å². The zero-order valence-corrected chi connectivity index (χ0v) is 13.8. The monoisotopic (exact) mass is 314 g/mol. The Kier molecular flexibility index (Phi) is 5.40. The first kappa shape index (κ1) is 16.3. The predicted octanol–water partition coefficient (Wildman–Crippen LogP) is 5.25. The zero-order chi connectivity index (χ0) is 16.1. The molecule has 0 unspecified atom stereocenters. The smallest absolute Gasteiger partial charge is 0.189 e. The number of allylic oxidation sites excluding steroid dienone is 1. The van der Waals surface area contributed by atoms with Crippen LogP contribution in [-0.2, 0) is 0 Å². The third kappa shape index (κ3) is 3.77. The van der Waals surface area contributed by atoms with Crippen LogP contribution >= 0.6 is 11.6 Å². The number of halogens is 1. The lowest BCUT2D eigenvalue weighted by atomic mass is 10.0. The van der Waals surface area contributed by atoms with Crippen LogP contribution in [0.4, 0.5) is 0 Å². The summed E-state index contributed by atoms with van der Waals surface area (Å²) in [4.78, 5) is 12.5. The highest BCUT2D eigenvalue weighted by Gasteiger charge is 2.13. The summed E-state index contributed by atoms with van der Waals surface area (Å²) in [5.74, 6) is 0.592. The van der Waals surface area contributed by atoms with Gasteiger partial charge in [0.05, 0.1) is 12.2 Å². The number of carbonyl (C=O) groups excluding carboxylic acids is 1. The Balaban J connectivity index is 2.31. The fourth-order valence-corrected chi connectivity index (χ4v) is 2.39. The van der Waals surface area contributed by atoms with Crippen LogP contribution in [0.1, 0.15) is 34.0 Å². The number of benzene rings is 2. The Morgan fingerprint density at radius 2 is 2.00 bits per heavy atom. The van der Waals surface area contributed by atoms with Crippen molar-refractivity contribution in [3.05, 3.63) is 69.8 Å². The second-order valence-corrected chi connectivity index (χ2v) is 5.51. The molecule has 0 atom stereocenters. The number of ether oxygens (including phenoxy) is 1. The van der Waals surface area contributed by atoms with Crippen LogP contribution in [0.15, 0.2) is 42.5 Å². The van der Waals surface area contributed by atoms with Crippen molar-refractivity contribution in [1.82, 2.24) is 0 Å². The van der Waals surface area contributed by atoms with Gasteiger partial charge in [-0.15, -0.1) is 0 Å². The van der Waals surface area contributed by atoms with Gasteiger partial charge in [0.2, 0.25) is 0 Å². The standard InChI is InChI=1S/C19H19ClO2/c1-4-22-19-14(3)13(2)8-10-17(19)18(21)11-9-15-6-5-7-16(20)12-15/h5-12H,4H2,1-3H3/b11-9+. The molecule has 0 fully saturated rings. The molecule has 0 bridgehead atoms. The van der Waals surface area contributed by atoms with Crippen molar-refractivity contribution >= 4 is 23.5 Å². The fraction of sp³-hybridized carbons (Fsp3) is 0.211. The Morgan fingerprint density at radius 3 is 2.68 bits per heavy atom. The van der Waals surface area contributed by atoms with Crippen molar-refractivity contribution in [2.75, 3.05) is 6.61 Å². The average molecular weight is 315 g/mol. The first-order chi connectivity index (χ1) is 10.5. The molecule has 0 spiro atoms. The second kappa shape index (κ2) is 7.28. The van der Waals surface area contributed by atoms with E-state index >= 15 is 0 Å². The van der Waals surface area contributed by atoms with Gasteiger partial charge in [-0.3, -0.25) is 4.79 Å². The van der Waals surface area contributed by atoms with Crippen molar-refractivity contribution in [3.8, 4) is 5.75 Å². The van der Waals surface area contributed by atoms with E-state index in [4.69, 9.17) is 16.3 Å². The summed E-state index contributed by atoms with van der Waals surface area (Å²) in [6.07, 6.45) is 3.32. The normalized spacial score (nSPS) is 10.9. The Morgan fingerprint density at radius 1 is 1.23 bits per heavy atom. The molecule has 2 nitrogen and oxygen atoms in total. The lowest BCUT2D eigenvalue weighted by Gasteiger charge is -2.13. The summed E-state index contributed by atoms with van der Waals surface area (Å²) in [7, 11) is 0. The number of hydrogen-bond acceptors (Lipinski definition) is 2. The molecule has 0 heterocycles. The molecule has 114 valence electrons. The minimum atomic E-state index is -0.0773. The molecule has 3 heteroatoms. The summed E-state index contributed by atoms with van der Waals surface area (Å²) in [5.41, 5.74) is 3.59. The molecule has 2 aromatic rings. The van der Waals surface area contributed by atoms with Crippen LogP contribution in [0.2, 0.25) is 5.02 Å². The van der Waals surface area contributed by atoms with Gasteiger partial charge in [-0.2, -0.15) is 0 Å². The SMILES string of the molecule is CCOc1c(C(=O)/C=C/c2cccc(Cl)c2)ccc(C)c1C. The zero-order valence-electron chi connectivity index (χ0n) is 13.0. The highest BCUT2D eigenvalue weighted by molar-refractivity contribution is 6.30. The Labute approximate surface area is 136 Å². The summed E-state index contributed by atoms with van der Waals surface area (Å²) < 4.78 is 5.67. The molecule has 0 amide bonds. The third-order valence-corrected chi connectivity index (χ3v) is 3.74. The Hall–Kier alpha value is -2.06. The lowest BCUT2D eigenvalue weighted by Crippen LogP contribution is -2.04. The van der Waals surface area contributed by atoms with Crippen molar-refractivity contribution in [1.29, 1.82) is 0 Å².